The van der Waals surface area contributed by atoms with Gasteiger partial charge in [-0.25, -0.2) is 4.98 Å². The second-order valence-electron chi connectivity index (χ2n) is 6.04. The van der Waals surface area contributed by atoms with Gasteiger partial charge in [-0.1, -0.05) is 12.5 Å². The predicted molar refractivity (Wildman–Crippen MR) is 81.7 cm³/mol. The van der Waals surface area contributed by atoms with Crippen LogP contribution in [0.3, 0.4) is 0 Å². The summed E-state index contributed by atoms with van der Waals surface area (Å²) in [5.41, 5.74) is 8.97. The lowest BCUT2D eigenvalue weighted by Gasteiger charge is -2.14. The van der Waals surface area contributed by atoms with Crippen LogP contribution in [0, 0.1) is 12.8 Å². The minimum absolute atomic E-state index is 0.0746. The number of aryl methyl sites for hydroxylation is 1. The highest BCUT2D eigenvalue weighted by Crippen LogP contribution is 2.26. The zero-order valence-electron chi connectivity index (χ0n) is 12.4. The zero-order chi connectivity index (χ0) is 14.8. The van der Waals surface area contributed by atoms with Gasteiger partial charge in [-0.15, -0.1) is 0 Å². The second-order valence-corrected chi connectivity index (χ2v) is 6.04. The molecule has 3 N–H and O–H groups in total. The molecule has 0 aliphatic heterocycles. The van der Waals surface area contributed by atoms with Crippen LogP contribution in [0.15, 0.2) is 24.5 Å². The molecule has 0 aromatic carbocycles. The van der Waals surface area contributed by atoms with Crippen molar-refractivity contribution in [2.24, 2.45) is 11.7 Å². The Balaban J connectivity index is 1.57. The van der Waals surface area contributed by atoms with Crippen molar-refractivity contribution in [3.05, 3.63) is 35.8 Å². The van der Waals surface area contributed by atoms with Gasteiger partial charge in [-0.2, -0.15) is 0 Å². The van der Waals surface area contributed by atoms with E-state index < -0.39 is 0 Å². The van der Waals surface area contributed by atoms with Crippen LogP contribution in [-0.4, -0.2) is 21.3 Å². The van der Waals surface area contributed by atoms with Gasteiger partial charge in [0.15, 0.2) is 0 Å². The Hall–Kier alpha value is -1.88. The van der Waals surface area contributed by atoms with Gasteiger partial charge in [0.2, 0.25) is 5.91 Å². The number of nitrogens with one attached hydrogen (secondary N) is 1. The van der Waals surface area contributed by atoms with E-state index in [9.17, 15) is 4.79 Å². The molecule has 2 heterocycles. The number of rotatable bonds is 4. The van der Waals surface area contributed by atoms with E-state index in [-0.39, 0.29) is 11.9 Å². The summed E-state index contributed by atoms with van der Waals surface area (Å²) in [6.07, 6.45) is 7.79. The van der Waals surface area contributed by atoms with Crippen LogP contribution in [0.25, 0.3) is 5.65 Å². The molecule has 5 heteroatoms. The Morgan fingerprint density at radius 1 is 1.43 bits per heavy atom. The lowest BCUT2D eigenvalue weighted by atomic mass is 10.00. The molecule has 21 heavy (non-hydrogen) atoms. The number of hydrogen-bond acceptors (Lipinski definition) is 3. The number of amides is 1. The van der Waals surface area contributed by atoms with Crippen molar-refractivity contribution in [3.63, 3.8) is 0 Å². The average molecular weight is 286 g/mol. The Labute approximate surface area is 124 Å². The Morgan fingerprint density at radius 3 is 3.05 bits per heavy atom. The lowest BCUT2D eigenvalue weighted by Crippen LogP contribution is -2.31. The first-order chi connectivity index (χ1) is 10.1. The molecule has 0 radical (unpaired) electrons. The maximum atomic E-state index is 12.0. The summed E-state index contributed by atoms with van der Waals surface area (Å²) in [7, 11) is 0. The molecule has 5 nitrogen and oxygen atoms in total. The van der Waals surface area contributed by atoms with Crippen LogP contribution in [0.2, 0.25) is 0 Å². The van der Waals surface area contributed by atoms with E-state index in [1.807, 2.05) is 35.9 Å². The summed E-state index contributed by atoms with van der Waals surface area (Å²) in [6.45, 7) is 2.52. The molecule has 2 aromatic heterocycles. The number of nitrogens with two attached hydrogens (primary N) is 1. The maximum absolute atomic E-state index is 12.0. The first-order valence-electron chi connectivity index (χ1n) is 7.58. The summed E-state index contributed by atoms with van der Waals surface area (Å²) in [6, 6.07) is 4.21. The summed E-state index contributed by atoms with van der Waals surface area (Å²) in [5.74, 6) is 0.416. The van der Waals surface area contributed by atoms with Gasteiger partial charge in [0.05, 0.1) is 12.2 Å². The number of imidazole rings is 1. The summed E-state index contributed by atoms with van der Waals surface area (Å²) >= 11 is 0. The molecule has 0 saturated heterocycles. The molecule has 3 rings (SSSR count). The van der Waals surface area contributed by atoms with Crippen molar-refractivity contribution in [3.8, 4) is 0 Å². The molecule has 1 aliphatic carbocycles. The van der Waals surface area contributed by atoms with Gasteiger partial charge < -0.3 is 15.5 Å². The third-order valence-corrected chi connectivity index (χ3v) is 4.28. The summed E-state index contributed by atoms with van der Waals surface area (Å²) in [4.78, 5) is 16.5. The van der Waals surface area contributed by atoms with E-state index in [0.29, 0.717) is 18.9 Å². The fraction of sp³-hybridized carbons (Fsp3) is 0.500. The smallest absolute Gasteiger partial charge is 0.220 e. The Morgan fingerprint density at radius 2 is 2.29 bits per heavy atom. The van der Waals surface area contributed by atoms with Crippen molar-refractivity contribution in [1.82, 2.24) is 14.7 Å². The van der Waals surface area contributed by atoms with E-state index in [2.05, 4.69) is 10.3 Å². The van der Waals surface area contributed by atoms with Crippen LogP contribution in [0.5, 0.6) is 0 Å². The van der Waals surface area contributed by atoms with E-state index in [1.165, 1.54) is 5.56 Å². The molecule has 0 bridgehead atoms. The fourth-order valence-corrected chi connectivity index (χ4v) is 3.06. The van der Waals surface area contributed by atoms with Crippen LogP contribution < -0.4 is 11.1 Å². The van der Waals surface area contributed by atoms with Crippen LogP contribution in [0.1, 0.15) is 36.9 Å². The monoisotopic (exact) mass is 286 g/mol. The topological polar surface area (TPSA) is 72.4 Å². The maximum Gasteiger partial charge on any atom is 0.220 e. The first-order valence-corrected chi connectivity index (χ1v) is 7.58. The highest BCUT2D eigenvalue weighted by Gasteiger charge is 2.25. The third kappa shape index (κ3) is 3.24. The van der Waals surface area contributed by atoms with Crippen molar-refractivity contribution in [2.45, 2.75) is 45.2 Å². The Kier molecular flexibility index (Phi) is 3.92. The van der Waals surface area contributed by atoms with E-state index in [4.69, 9.17) is 5.73 Å². The van der Waals surface area contributed by atoms with Crippen LogP contribution in [0.4, 0.5) is 0 Å². The fourth-order valence-electron chi connectivity index (χ4n) is 3.06. The van der Waals surface area contributed by atoms with Crippen molar-refractivity contribution in [2.75, 3.05) is 0 Å². The van der Waals surface area contributed by atoms with E-state index >= 15 is 0 Å². The average Bonchev–Trinajstić information content (AvgIpc) is 3.02. The molecular formula is C16H22N4O. The molecule has 2 atom stereocenters. The second kappa shape index (κ2) is 5.85. The van der Waals surface area contributed by atoms with Gasteiger partial charge in [0.25, 0.3) is 0 Å². The van der Waals surface area contributed by atoms with Crippen molar-refractivity contribution < 1.29 is 4.79 Å². The lowest BCUT2D eigenvalue weighted by molar-refractivity contribution is -0.122. The van der Waals surface area contributed by atoms with Crippen LogP contribution >= 0.6 is 0 Å². The number of aromatic nitrogens is 2. The van der Waals surface area contributed by atoms with Gasteiger partial charge in [-0.3, -0.25) is 4.79 Å². The SMILES string of the molecule is Cc1ccc2nc(CNC(=O)C[C@@H]3CCC[C@H]3N)cn2c1. The molecule has 1 saturated carbocycles. The number of nitrogens with zero attached hydrogens (tertiary/aromatic N) is 2. The molecule has 0 spiro atoms. The van der Waals surface area contributed by atoms with Crippen molar-refractivity contribution >= 4 is 11.6 Å². The summed E-state index contributed by atoms with van der Waals surface area (Å²) < 4.78 is 1.99. The highest BCUT2D eigenvalue weighted by molar-refractivity contribution is 5.76. The number of pyridine rings is 1. The normalized spacial score (nSPS) is 21.8. The number of fused-ring (bicyclic) bond motifs is 1. The third-order valence-electron chi connectivity index (χ3n) is 4.28. The number of carbonyl (C=O) groups is 1. The van der Waals surface area contributed by atoms with Gasteiger partial charge >= 0.3 is 0 Å². The molecule has 112 valence electrons. The minimum Gasteiger partial charge on any atom is -0.350 e. The standard InChI is InChI=1S/C16H22N4O/c1-11-5-6-15-19-13(10-20(15)9-11)8-18-16(21)7-12-3-2-4-14(12)17/h5-6,9-10,12,14H,2-4,7-8,17H2,1H3,(H,18,21)/t12-,14+/m0/s1. The first kappa shape index (κ1) is 14.1. The number of hydrogen-bond donors (Lipinski definition) is 2. The molecule has 1 fully saturated rings. The zero-order valence-corrected chi connectivity index (χ0v) is 12.4. The summed E-state index contributed by atoms with van der Waals surface area (Å²) in [5, 5.41) is 2.95. The molecule has 2 aromatic rings. The van der Waals surface area contributed by atoms with Crippen LogP contribution in [-0.2, 0) is 11.3 Å². The van der Waals surface area contributed by atoms with Gasteiger partial charge in [0.1, 0.15) is 5.65 Å². The molecule has 0 unspecified atom stereocenters. The molecule has 1 aliphatic rings. The largest absolute Gasteiger partial charge is 0.350 e. The Bertz CT molecular complexity index is 649. The number of carbonyl (C=O) groups excluding carboxylic acids is 1. The van der Waals surface area contributed by atoms with Crippen molar-refractivity contribution in [1.29, 1.82) is 0 Å². The van der Waals surface area contributed by atoms with E-state index in [1.54, 1.807) is 0 Å². The van der Waals surface area contributed by atoms with Gasteiger partial charge in [-0.05, 0) is 37.3 Å². The highest BCUT2D eigenvalue weighted by atomic mass is 16.1. The predicted octanol–water partition coefficient (Wildman–Crippen LogP) is 1.78. The quantitative estimate of drug-likeness (QED) is 0.900. The van der Waals surface area contributed by atoms with Gasteiger partial charge in [0, 0.05) is 24.9 Å². The minimum atomic E-state index is 0.0746. The van der Waals surface area contributed by atoms with E-state index in [0.717, 1.165) is 30.6 Å². The molecule has 1 amide bonds. The molecular weight excluding hydrogens is 264 g/mol.